The smallest absolute Gasteiger partial charge is 0.157 e. The molecule has 1 aromatic rings. The molecule has 2 heterocycles. The van der Waals surface area contributed by atoms with Crippen molar-refractivity contribution in [2.45, 2.75) is 31.7 Å². The Morgan fingerprint density at radius 2 is 2.53 bits per heavy atom. The van der Waals surface area contributed by atoms with Crippen LogP contribution in [-0.4, -0.2) is 27.6 Å². The first-order valence-electron chi connectivity index (χ1n) is 5.36. The standard InChI is InChI=1S/C11H17N3O/c1-11(4-3-5-12-11)10(15)6-9-7-13-14(2)8-9/h7-8,12H,3-6H2,1-2H3. The van der Waals surface area contributed by atoms with Gasteiger partial charge in [0, 0.05) is 19.7 Å². The molecule has 1 unspecified atom stereocenters. The Morgan fingerprint density at radius 3 is 3.07 bits per heavy atom. The summed E-state index contributed by atoms with van der Waals surface area (Å²) in [5.74, 6) is 0.271. The summed E-state index contributed by atoms with van der Waals surface area (Å²) in [5, 5.41) is 7.35. The summed E-state index contributed by atoms with van der Waals surface area (Å²) in [6.45, 7) is 2.95. The van der Waals surface area contributed by atoms with Crippen molar-refractivity contribution in [3.63, 3.8) is 0 Å². The molecule has 0 bridgehead atoms. The third-order valence-corrected chi connectivity index (χ3v) is 3.11. The van der Waals surface area contributed by atoms with Gasteiger partial charge in [-0.25, -0.2) is 0 Å². The molecule has 1 aromatic heterocycles. The predicted octanol–water partition coefficient (Wildman–Crippen LogP) is 0.674. The molecule has 15 heavy (non-hydrogen) atoms. The van der Waals surface area contributed by atoms with Gasteiger partial charge < -0.3 is 5.32 Å². The summed E-state index contributed by atoms with van der Waals surface area (Å²) in [7, 11) is 1.86. The number of ketones is 1. The Hall–Kier alpha value is -1.16. The van der Waals surface area contributed by atoms with Crippen molar-refractivity contribution in [2.24, 2.45) is 7.05 Å². The Bertz CT molecular complexity index is 364. The van der Waals surface area contributed by atoms with Crippen molar-refractivity contribution in [1.29, 1.82) is 0 Å². The molecule has 2 rings (SSSR count). The van der Waals surface area contributed by atoms with Crippen molar-refractivity contribution >= 4 is 5.78 Å². The van der Waals surface area contributed by atoms with Crippen LogP contribution in [-0.2, 0) is 18.3 Å². The van der Waals surface area contributed by atoms with Crippen molar-refractivity contribution in [3.05, 3.63) is 18.0 Å². The third kappa shape index (κ3) is 2.09. The first-order valence-corrected chi connectivity index (χ1v) is 5.36. The van der Waals surface area contributed by atoms with Gasteiger partial charge in [0.05, 0.1) is 11.7 Å². The lowest BCUT2D eigenvalue weighted by atomic mass is 9.91. The minimum atomic E-state index is -0.310. The predicted molar refractivity (Wildman–Crippen MR) is 57.6 cm³/mol. The number of hydrogen-bond donors (Lipinski definition) is 1. The zero-order valence-corrected chi connectivity index (χ0v) is 9.29. The number of Topliss-reactive ketones (excluding diaryl/α,β-unsaturated/α-hetero) is 1. The highest BCUT2D eigenvalue weighted by Crippen LogP contribution is 2.21. The molecule has 0 saturated carbocycles. The number of nitrogens with zero attached hydrogens (tertiary/aromatic N) is 2. The van der Waals surface area contributed by atoms with Crippen LogP contribution in [0.3, 0.4) is 0 Å². The fourth-order valence-electron chi connectivity index (χ4n) is 2.08. The van der Waals surface area contributed by atoms with Crippen LogP contribution < -0.4 is 5.32 Å². The van der Waals surface area contributed by atoms with E-state index in [1.165, 1.54) is 0 Å². The molecular formula is C11H17N3O. The first-order chi connectivity index (χ1) is 7.10. The number of hydrogen-bond acceptors (Lipinski definition) is 3. The molecule has 0 radical (unpaired) electrons. The number of rotatable bonds is 3. The van der Waals surface area contributed by atoms with E-state index in [0.717, 1.165) is 24.9 Å². The topological polar surface area (TPSA) is 46.9 Å². The lowest BCUT2D eigenvalue weighted by molar-refractivity contribution is -0.123. The average molecular weight is 207 g/mol. The van der Waals surface area contributed by atoms with Crippen LogP contribution in [0.2, 0.25) is 0 Å². The van der Waals surface area contributed by atoms with Gasteiger partial charge >= 0.3 is 0 Å². The lowest BCUT2D eigenvalue weighted by Crippen LogP contribution is -2.45. The summed E-state index contributed by atoms with van der Waals surface area (Å²) < 4.78 is 1.73. The largest absolute Gasteiger partial charge is 0.305 e. The Morgan fingerprint density at radius 1 is 1.73 bits per heavy atom. The van der Waals surface area contributed by atoms with Crippen molar-refractivity contribution in [3.8, 4) is 0 Å². The fourth-order valence-corrected chi connectivity index (χ4v) is 2.08. The summed E-state index contributed by atoms with van der Waals surface area (Å²) in [6.07, 6.45) is 6.19. The summed E-state index contributed by atoms with van der Waals surface area (Å²) in [6, 6.07) is 0. The average Bonchev–Trinajstić information content (AvgIpc) is 2.76. The van der Waals surface area contributed by atoms with Crippen molar-refractivity contribution in [1.82, 2.24) is 15.1 Å². The highest BCUT2D eigenvalue weighted by Gasteiger charge is 2.35. The maximum atomic E-state index is 12.0. The van der Waals surface area contributed by atoms with Gasteiger partial charge in [-0.15, -0.1) is 0 Å². The second-order valence-electron chi connectivity index (χ2n) is 4.48. The zero-order chi connectivity index (χ0) is 10.9. The molecule has 0 spiro atoms. The van der Waals surface area contributed by atoms with Crippen LogP contribution in [0.1, 0.15) is 25.3 Å². The van der Waals surface area contributed by atoms with E-state index in [-0.39, 0.29) is 11.3 Å². The maximum absolute atomic E-state index is 12.0. The molecule has 1 aliphatic rings. The molecule has 1 N–H and O–H groups in total. The van der Waals surface area contributed by atoms with Gasteiger partial charge in [-0.3, -0.25) is 9.48 Å². The van der Waals surface area contributed by atoms with Crippen LogP contribution in [0.25, 0.3) is 0 Å². The maximum Gasteiger partial charge on any atom is 0.157 e. The molecule has 4 nitrogen and oxygen atoms in total. The van der Waals surface area contributed by atoms with Crippen molar-refractivity contribution in [2.75, 3.05) is 6.54 Å². The minimum Gasteiger partial charge on any atom is -0.305 e. The Kier molecular flexibility index (Phi) is 2.61. The van der Waals surface area contributed by atoms with E-state index in [1.54, 1.807) is 10.9 Å². The summed E-state index contributed by atoms with van der Waals surface area (Å²) >= 11 is 0. The Balaban J connectivity index is 2.03. The highest BCUT2D eigenvalue weighted by atomic mass is 16.1. The van der Waals surface area contributed by atoms with Gasteiger partial charge in [0.2, 0.25) is 0 Å². The van der Waals surface area contributed by atoms with Gasteiger partial charge in [0.25, 0.3) is 0 Å². The lowest BCUT2D eigenvalue weighted by Gasteiger charge is -2.22. The van der Waals surface area contributed by atoms with Gasteiger partial charge in [-0.05, 0) is 31.9 Å². The van der Waals surface area contributed by atoms with Gasteiger partial charge in [-0.2, -0.15) is 5.10 Å². The molecule has 0 aromatic carbocycles. The zero-order valence-electron chi connectivity index (χ0n) is 9.29. The number of aryl methyl sites for hydroxylation is 1. The van der Waals surface area contributed by atoms with Gasteiger partial charge in [0.1, 0.15) is 0 Å². The van der Waals surface area contributed by atoms with E-state index in [2.05, 4.69) is 10.4 Å². The second kappa shape index (κ2) is 3.77. The van der Waals surface area contributed by atoms with Crippen LogP contribution >= 0.6 is 0 Å². The van der Waals surface area contributed by atoms with Crippen LogP contribution in [0, 0.1) is 0 Å². The molecule has 1 saturated heterocycles. The molecule has 1 aliphatic heterocycles. The molecule has 0 amide bonds. The van der Waals surface area contributed by atoms with Crippen LogP contribution in [0.4, 0.5) is 0 Å². The SMILES string of the molecule is Cn1cc(CC(=O)C2(C)CCCN2)cn1. The van der Waals surface area contributed by atoms with Crippen molar-refractivity contribution < 1.29 is 4.79 Å². The third-order valence-electron chi connectivity index (χ3n) is 3.11. The van der Waals surface area contributed by atoms with Gasteiger partial charge in [0.15, 0.2) is 5.78 Å². The van der Waals surface area contributed by atoms with Gasteiger partial charge in [-0.1, -0.05) is 0 Å². The van der Waals surface area contributed by atoms with E-state index in [1.807, 2.05) is 20.2 Å². The van der Waals surface area contributed by atoms with Crippen LogP contribution in [0.5, 0.6) is 0 Å². The van der Waals surface area contributed by atoms with E-state index < -0.39 is 0 Å². The Labute approximate surface area is 89.7 Å². The number of nitrogens with one attached hydrogen (secondary N) is 1. The summed E-state index contributed by atoms with van der Waals surface area (Å²) in [5.41, 5.74) is 0.688. The van der Waals surface area contributed by atoms with E-state index in [4.69, 9.17) is 0 Å². The molecule has 82 valence electrons. The second-order valence-corrected chi connectivity index (χ2v) is 4.48. The number of carbonyl (C=O) groups is 1. The number of aromatic nitrogens is 2. The molecular weight excluding hydrogens is 190 g/mol. The molecule has 1 fully saturated rings. The molecule has 1 atom stereocenters. The van der Waals surface area contributed by atoms with E-state index >= 15 is 0 Å². The normalized spacial score (nSPS) is 25.7. The van der Waals surface area contributed by atoms with E-state index in [9.17, 15) is 4.79 Å². The fraction of sp³-hybridized carbons (Fsp3) is 0.636. The summed E-state index contributed by atoms with van der Waals surface area (Å²) in [4.78, 5) is 12.0. The quantitative estimate of drug-likeness (QED) is 0.792. The van der Waals surface area contributed by atoms with Crippen LogP contribution in [0.15, 0.2) is 12.4 Å². The monoisotopic (exact) mass is 207 g/mol. The number of carbonyl (C=O) groups excluding carboxylic acids is 1. The first kappa shape index (κ1) is 10.4. The highest BCUT2D eigenvalue weighted by molar-refractivity contribution is 5.90. The molecule has 4 heteroatoms. The molecule has 0 aliphatic carbocycles. The minimum absolute atomic E-state index is 0.271. The van der Waals surface area contributed by atoms with E-state index in [0.29, 0.717) is 6.42 Å².